The second-order valence-corrected chi connectivity index (χ2v) is 5.00. The van der Waals surface area contributed by atoms with Gasteiger partial charge in [-0.2, -0.15) is 0 Å². The minimum absolute atomic E-state index is 0.654. The molecule has 1 rings (SSSR count). The zero-order valence-corrected chi connectivity index (χ0v) is 11.5. The number of hydrogen-bond donors (Lipinski definition) is 1. The Hall–Kier alpha value is -0.160. The van der Waals surface area contributed by atoms with Gasteiger partial charge in [0.25, 0.3) is 0 Å². The molecular formula is C13H29N3O. The lowest BCUT2D eigenvalue weighted by molar-refractivity contribution is 0.0821. The number of nitrogens with two attached hydrogens (primary N) is 1. The van der Waals surface area contributed by atoms with Crippen LogP contribution in [0.25, 0.3) is 0 Å². The molecular weight excluding hydrogens is 214 g/mol. The number of methoxy groups -OCH3 is 1. The second kappa shape index (κ2) is 8.86. The van der Waals surface area contributed by atoms with E-state index in [0.29, 0.717) is 6.04 Å². The number of nitrogens with zero attached hydrogens (tertiary/aromatic N) is 2. The Bertz CT molecular complexity index is 182. The minimum Gasteiger partial charge on any atom is -0.385 e. The molecule has 4 heteroatoms. The lowest BCUT2D eigenvalue weighted by Crippen LogP contribution is -2.49. The first kappa shape index (κ1) is 14.9. The molecule has 1 aliphatic rings. The van der Waals surface area contributed by atoms with Gasteiger partial charge in [-0.05, 0) is 39.3 Å². The standard InChI is InChI=1S/C13H29N3O/c1-13(5-12-17-2)16-10-8-15(9-11-16)7-4-3-6-14/h13H,3-12,14H2,1-2H3. The van der Waals surface area contributed by atoms with Crippen molar-refractivity contribution in [2.75, 3.05) is 53.0 Å². The van der Waals surface area contributed by atoms with Crippen LogP contribution in [0.1, 0.15) is 26.2 Å². The van der Waals surface area contributed by atoms with Gasteiger partial charge in [-0.1, -0.05) is 0 Å². The van der Waals surface area contributed by atoms with E-state index < -0.39 is 0 Å². The molecule has 17 heavy (non-hydrogen) atoms. The first-order valence-corrected chi connectivity index (χ1v) is 6.93. The van der Waals surface area contributed by atoms with Gasteiger partial charge in [-0.3, -0.25) is 4.90 Å². The summed E-state index contributed by atoms with van der Waals surface area (Å²) in [5, 5.41) is 0. The van der Waals surface area contributed by atoms with Gasteiger partial charge in [0.1, 0.15) is 0 Å². The Labute approximate surface area is 106 Å². The lowest BCUT2D eigenvalue weighted by Gasteiger charge is -2.38. The number of rotatable bonds is 8. The van der Waals surface area contributed by atoms with Crippen LogP contribution >= 0.6 is 0 Å². The summed E-state index contributed by atoms with van der Waals surface area (Å²) in [7, 11) is 1.78. The molecule has 0 aromatic carbocycles. The van der Waals surface area contributed by atoms with Crippen LogP contribution in [-0.2, 0) is 4.74 Å². The first-order valence-electron chi connectivity index (χ1n) is 6.93. The SMILES string of the molecule is COCCC(C)N1CCN(CCCCN)CC1. The number of hydrogen-bond acceptors (Lipinski definition) is 4. The van der Waals surface area contributed by atoms with E-state index in [1.165, 1.54) is 39.1 Å². The molecule has 0 amide bonds. The smallest absolute Gasteiger partial charge is 0.0477 e. The summed E-state index contributed by atoms with van der Waals surface area (Å²) in [6.45, 7) is 10.1. The van der Waals surface area contributed by atoms with Crippen molar-refractivity contribution in [3.05, 3.63) is 0 Å². The summed E-state index contributed by atoms with van der Waals surface area (Å²) >= 11 is 0. The normalized spacial score (nSPS) is 20.6. The fourth-order valence-electron chi connectivity index (χ4n) is 2.38. The largest absolute Gasteiger partial charge is 0.385 e. The van der Waals surface area contributed by atoms with Crippen molar-refractivity contribution in [3.63, 3.8) is 0 Å². The maximum Gasteiger partial charge on any atom is 0.0477 e. The molecule has 1 heterocycles. The van der Waals surface area contributed by atoms with Gasteiger partial charge in [0.15, 0.2) is 0 Å². The summed E-state index contributed by atoms with van der Waals surface area (Å²) in [4.78, 5) is 5.15. The number of piperazine rings is 1. The third-order valence-electron chi connectivity index (χ3n) is 3.70. The van der Waals surface area contributed by atoms with Crippen LogP contribution in [0.4, 0.5) is 0 Å². The van der Waals surface area contributed by atoms with E-state index in [0.717, 1.165) is 26.0 Å². The molecule has 2 N–H and O–H groups in total. The highest BCUT2D eigenvalue weighted by molar-refractivity contribution is 4.76. The van der Waals surface area contributed by atoms with E-state index in [2.05, 4.69) is 16.7 Å². The van der Waals surface area contributed by atoms with Crippen molar-refractivity contribution in [3.8, 4) is 0 Å². The molecule has 0 aromatic heterocycles. The Morgan fingerprint density at radius 3 is 2.47 bits per heavy atom. The van der Waals surface area contributed by atoms with Crippen LogP contribution in [-0.4, -0.2) is 68.8 Å². The van der Waals surface area contributed by atoms with Crippen LogP contribution in [0.15, 0.2) is 0 Å². The molecule has 102 valence electrons. The average Bonchev–Trinajstić information content (AvgIpc) is 2.37. The Balaban J connectivity index is 2.12. The minimum atomic E-state index is 0.654. The predicted octanol–water partition coefficient (Wildman–Crippen LogP) is 0.768. The van der Waals surface area contributed by atoms with E-state index in [9.17, 15) is 0 Å². The fraction of sp³-hybridized carbons (Fsp3) is 1.00. The summed E-state index contributed by atoms with van der Waals surface area (Å²) in [5.41, 5.74) is 5.51. The molecule has 1 unspecified atom stereocenters. The molecule has 0 aromatic rings. The lowest BCUT2D eigenvalue weighted by atomic mass is 10.1. The quantitative estimate of drug-likeness (QED) is 0.639. The van der Waals surface area contributed by atoms with E-state index >= 15 is 0 Å². The number of ether oxygens (including phenoxy) is 1. The van der Waals surface area contributed by atoms with Crippen molar-refractivity contribution in [2.45, 2.75) is 32.2 Å². The summed E-state index contributed by atoms with van der Waals surface area (Å²) in [5.74, 6) is 0. The molecule has 0 spiro atoms. The third-order valence-corrected chi connectivity index (χ3v) is 3.70. The van der Waals surface area contributed by atoms with Crippen molar-refractivity contribution >= 4 is 0 Å². The predicted molar refractivity (Wildman–Crippen MR) is 72.3 cm³/mol. The average molecular weight is 243 g/mol. The molecule has 0 radical (unpaired) electrons. The Morgan fingerprint density at radius 1 is 1.18 bits per heavy atom. The summed E-state index contributed by atoms with van der Waals surface area (Å²) in [6.07, 6.45) is 3.55. The van der Waals surface area contributed by atoms with Gasteiger partial charge < -0.3 is 15.4 Å². The zero-order chi connectivity index (χ0) is 12.5. The van der Waals surface area contributed by atoms with Crippen molar-refractivity contribution in [1.29, 1.82) is 0 Å². The molecule has 1 atom stereocenters. The molecule has 0 bridgehead atoms. The van der Waals surface area contributed by atoms with Crippen LogP contribution in [0, 0.1) is 0 Å². The fourth-order valence-corrected chi connectivity index (χ4v) is 2.38. The highest BCUT2D eigenvalue weighted by Gasteiger charge is 2.20. The highest BCUT2D eigenvalue weighted by Crippen LogP contribution is 2.09. The molecule has 4 nitrogen and oxygen atoms in total. The van der Waals surface area contributed by atoms with Crippen LogP contribution in [0.5, 0.6) is 0 Å². The van der Waals surface area contributed by atoms with E-state index in [-0.39, 0.29) is 0 Å². The van der Waals surface area contributed by atoms with Crippen LogP contribution in [0.2, 0.25) is 0 Å². The van der Waals surface area contributed by atoms with Crippen molar-refractivity contribution in [1.82, 2.24) is 9.80 Å². The van der Waals surface area contributed by atoms with Gasteiger partial charge in [0.2, 0.25) is 0 Å². The van der Waals surface area contributed by atoms with Gasteiger partial charge in [0, 0.05) is 45.9 Å². The van der Waals surface area contributed by atoms with Gasteiger partial charge in [-0.25, -0.2) is 0 Å². The van der Waals surface area contributed by atoms with E-state index in [4.69, 9.17) is 10.5 Å². The third kappa shape index (κ3) is 5.82. The molecule has 1 saturated heterocycles. The molecule has 0 aliphatic carbocycles. The van der Waals surface area contributed by atoms with Crippen molar-refractivity contribution in [2.24, 2.45) is 5.73 Å². The highest BCUT2D eigenvalue weighted by atomic mass is 16.5. The Kier molecular flexibility index (Phi) is 7.77. The van der Waals surface area contributed by atoms with Crippen LogP contribution in [0.3, 0.4) is 0 Å². The maximum absolute atomic E-state index is 5.51. The summed E-state index contributed by atoms with van der Waals surface area (Å²) in [6, 6.07) is 0.654. The van der Waals surface area contributed by atoms with Gasteiger partial charge in [0.05, 0.1) is 0 Å². The van der Waals surface area contributed by atoms with Gasteiger partial charge >= 0.3 is 0 Å². The van der Waals surface area contributed by atoms with Gasteiger partial charge in [-0.15, -0.1) is 0 Å². The maximum atomic E-state index is 5.51. The van der Waals surface area contributed by atoms with E-state index in [1.807, 2.05) is 0 Å². The van der Waals surface area contributed by atoms with Crippen LogP contribution < -0.4 is 5.73 Å². The first-order chi connectivity index (χ1) is 8.27. The molecule has 0 saturated carbocycles. The molecule has 1 aliphatic heterocycles. The molecule has 1 fully saturated rings. The Morgan fingerprint density at radius 2 is 1.88 bits per heavy atom. The monoisotopic (exact) mass is 243 g/mol. The second-order valence-electron chi connectivity index (χ2n) is 5.00. The van der Waals surface area contributed by atoms with E-state index in [1.54, 1.807) is 7.11 Å². The number of unbranched alkanes of at least 4 members (excludes halogenated alkanes) is 1. The topological polar surface area (TPSA) is 41.7 Å². The summed E-state index contributed by atoms with van der Waals surface area (Å²) < 4.78 is 5.14. The van der Waals surface area contributed by atoms with Crippen molar-refractivity contribution < 1.29 is 4.74 Å². The zero-order valence-electron chi connectivity index (χ0n) is 11.5.